The summed E-state index contributed by atoms with van der Waals surface area (Å²) in [7, 11) is 0. The topological polar surface area (TPSA) is 75.8 Å². The summed E-state index contributed by atoms with van der Waals surface area (Å²) in [4.78, 5) is 13.8. The van der Waals surface area contributed by atoms with Gasteiger partial charge in [0.2, 0.25) is 0 Å². The average Bonchev–Trinajstić information content (AvgIpc) is 2.22. The second kappa shape index (κ2) is 7.70. The molecule has 0 aromatic carbocycles. The predicted molar refractivity (Wildman–Crippen MR) is 77.0 cm³/mol. The first-order chi connectivity index (χ1) is 8.58. The zero-order valence-corrected chi connectivity index (χ0v) is 13.1. The zero-order valence-electron chi connectivity index (χ0n) is 13.1. The van der Waals surface area contributed by atoms with Crippen LogP contribution in [0.5, 0.6) is 0 Å². The Morgan fingerprint density at radius 2 is 1.89 bits per heavy atom. The number of nitrogens with two attached hydrogens (primary N) is 1. The van der Waals surface area contributed by atoms with Crippen LogP contribution < -0.4 is 5.73 Å². The summed E-state index contributed by atoms with van der Waals surface area (Å²) in [6.45, 7) is 11.5. The summed E-state index contributed by atoms with van der Waals surface area (Å²) in [5.74, 6) is 0. The Morgan fingerprint density at radius 3 is 2.26 bits per heavy atom. The average molecular weight is 274 g/mol. The van der Waals surface area contributed by atoms with E-state index in [2.05, 4.69) is 6.92 Å². The van der Waals surface area contributed by atoms with Crippen molar-refractivity contribution in [1.29, 1.82) is 0 Å². The van der Waals surface area contributed by atoms with Gasteiger partial charge in [-0.05, 0) is 41.0 Å². The minimum atomic E-state index is -0.654. The summed E-state index contributed by atoms with van der Waals surface area (Å²) in [6.07, 6.45) is 0.833. The number of aliphatic hydroxyl groups excluding tert-OH is 1. The van der Waals surface area contributed by atoms with Gasteiger partial charge in [-0.3, -0.25) is 0 Å². The number of amides is 1. The van der Waals surface area contributed by atoms with Gasteiger partial charge in [0, 0.05) is 18.6 Å². The van der Waals surface area contributed by atoms with Crippen LogP contribution in [-0.2, 0) is 4.74 Å². The van der Waals surface area contributed by atoms with E-state index < -0.39 is 17.7 Å². The van der Waals surface area contributed by atoms with E-state index in [4.69, 9.17) is 10.5 Å². The van der Waals surface area contributed by atoms with E-state index in [1.807, 2.05) is 27.7 Å². The summed E-state index contributed by atoms with van der Waals surface area (Å²) in [6, 6.07) is -0.420. The van der Waals surface area contributed by atoms with Gasteiger partial charge in [-0.2, -0.15) is 0 Å². The smallest absolute Gasteiger partial charge is 0.410 e. The number of carbonyl (C=O) groups excluding carboxylic acids is 1. The molecule has 0 radical (unpaired) electrons. The van der Waals surface area contributed by atoms with Crippen LogP contribution in [0.1, 0.15) is 54.4 Å². The van der Waals surface area contributed by atoms with Gasteiger partial charge < -0.3 is 20.5 Å². The molecule has 0 saturated heterocycles. The third-order valence-electron chi connectivity index (χ3n) is 2.89. The fourth-order valence-corrected chi connectivity index (χ4v) is 1.71. The van der Waals surface area contributed by atoms with Crippen LogP contribution in [0.15, 0.2) is 0 Å². The van der Waals surface area contributed by atoms with E-state index in [1.165, 1.54) is 0 Å². The van der Waals surface area contributed by atoms with E-state index in [9.17, 15) is 9.90 Å². The van der Waals surface area contributed by atoms with E-state index in [1.54, 1.807) is 11.8 Å². The molecule has 0 rings (SSSR count). The lowest BCUT2D eigenvalue weighted by Crippen LogP contribution is -2.50. The molecule has 0 aliphatic rings. The first kappa shape index (κ1) is 18.2. The van der Waals surface area contributed by atoms with Crippen molar-refractivity contribution in [2.75, 3.05) is 6.54 Å². The standard InChI is InChI=1S/C14H30N2O3/c1-7-8-10(2)16(9-12(15)11(3)17)13(18)19-14(4,5)6/h10-12,17H,7-9,15H2,1-6H3/t10?,11-,12?/m1/s1. The Labute approximate surface area is 117 Å². The van der Waals surface area contributed by atoms with Gasteiger partial charge in [-0.15, -0.1) is 0 Å². The number of aliphatic hydroxyl groups is 1. The highest BCUT2D eigenvalue weighted by Gasteiger charge is 2.28. The van der Waals surface area contributed by atoms with Gasteiger partial charge in [-0.1, -0.05) is 13.3 Å². The molecule has 5 heteroatoms. The third kappa shape index (κ3) is 7.38. The van der Waals surface area contributed by atoms with E-state index in [0.29, 0.717) is 6.54 Å². The van der Waals surface area contributed by atoms with Crippen LogP contribution in [0.25, 0.3) is 0 Å². The molecule has 114 valence electrons. The number of carbonyl (C=O) groups is 1. The Hall–Kier alpha value is -0.810. The molecule has 0 bridgehead atoms. The van der Waals surface area contributed by atoms with Crippen LogP contribution in [0, 0.1) is 0 Å². The molecule has 0 saturated carbocycles. The van der Waals surface area contributed by atoms with Crippen molar-refractivity contribution in [2.45, 2.75) is 78.2 Å². The van der Waals surface area contributed by atoms with Gasteiger partial charge in [0.15, 0.2) is 0 Å². The number of nitrogens with zero attached hydrogens (tertiary/aromatic N) is 1. The Morgan fingerprint density at radius 1 is 1.37 bits per heavy atom. The molecule has 3 N–H and O–H groups in total. The van der Waals surface area contributed by atoms with Gasteiger partial charge in [-0.25, -0.2) is 4.79 Å². The number of hydrogen-bond acceptors (Lipinski definition) is 4. The first-order valence-corrected chi connectivity index (χ1v) is 7.01. The van der Waals surface area contributed by atoms with E-state index in [-0.39, 0.29) is 12.1 Å². The highest BCUT2D eigenvalue weighted by atomic mass is 16.6. The normalized spacial score (nSPS) is 16.6. The maximum atomic E-state index is 12.2. The molecule has 0 aliphatic heterocycles. The summed E-state index contributed by atoms with van der Waals surface area (Å²) in [5.41, 5.74) is 5.32. The lowest BCUT2D eigenvalue weighted by molar-refractivity contribution is 0.0118. The molecule has 19 heavy (non-hydrogen) atoms. The van der Waals surface area contributed by atoms with Gasteiger partial charge >= 0.3 is 6.09 Å². The number of rotatable bonds is 6. The van der Waals surface area contributed by atoms with Crippen molar-refractivity contribution in [3.8, 4) is 0 Å². The second-order valence-corrected chi connectivity index (χ2v) is 6.17. The fourth-order valence-electron chi connectivity index (χ4n) is 1.71. The third-order valence-corrected chi connectivity index (χ3v) is 2.89. The van der Waals surface area contributed by atoms with Gasteiger partial charge in [0.05, 0.1) is 6.10 Å². The maximum Gasteiger partial charge on any atom is 0.410 e. The van der Waals surface area contributed by atoms with Crippen molar-refractivity contribution < 1.29 is 14.6 Å². The Balaban J connectivity index is 4.80. The van der Waals surface area contributed by atoms with Crippen LogP contribution in [-0.4, -0.2) is 46.4 Å². The van der Waals surface area contributed by atoms with E-state index in [0.717, 1.165) is 12.8 Å². The lowest BCUT2D eigenvalue weighted by atomic mass is 10.1. The quantitative estimate of drug-likeness (QED) is 0.778. The second-order valence-electron chi connectivity index (χ2n) is 6.17. The molecule has 0 aromatic rings. The molecule has 0 spiro atoms. The van der Waals surface area contributed by atoms with E-state index >= 15 is 0 Å². The molecule has 1 amide bonds. The summed E-state index contributed by atoms with van der Waals surface area (Å²) >= 11 is 0. The fraction of sp³-hybridized carbons (Fsp3) is 0.929. The van der Waals surface area contributed by atoms with Crippen LogP contribution in [0.4, 0.5) is 4.79 Å². The summed E-state index contributed by atoms with van der Waals surface area (Å²) < 4.78 is 5.40. The Bertz CT molecular complexity index is 274. The maximum absolute atomic E-state index is 12.2. The monoisotopic (exact) mass is 274 g/mol. The highest BCUT2D eigenvalue weighted by Crippen LogP contribution is 2.15. The van der Waals surface area contributed by atoms with Crippen molar-refractivity contribution in [1.82, 2.24) is 4.90 Å². The lowest BCUT2D eigenvalue weighted by Gasteiger charge is -2.34. The van der Waals surface area contributed by atoms with Crippen LogP contribution in [0.3, 0.4) is 0 Å². The minimum Gasteiger partial charge on any atom is -0.444 e. The molecular weight excluding hydrogens is 244 g/mol. The Kier molecular flexibility index (Phi) is 7.37. The number of hydrogen-bond donors (Lipinski definition) is 2. The molecule has 0 aliphatic carbocycles. The highest BCUT2D eigenvalue weighted by molar-refractivity contribution is 5.68. The van der Waals surface area contributed by atoms with Gasteiger partial charge in [0.25, 0.3) is 0 Å². The van der Waals surface area contributed by atoms with Crippen molar-refractivity contribution in [3.05, 3.63) is 0 Å². The molecule has 0 heterocycles. The summed E-state index contributed by atoms with van der Waals surface area (Å²) in [5, 5.41) is 9.49. The minimum absolute atomic E-state index is 0.0460. The zero-order chi connectivity index (χ0) is 15.2. The molecular formula is C14H30N2O3. The van der Waals surface area contributed by atoms with Crippen LogP contribution >= 0.6 is 0 Å². The molecule has 3 atom stereocenters. The molecule has 0 aromatic heterocycles. The number of ether oxygens (including phenoxy) is 1. The molecule has 2 unspecified atom stereocenters. The van der Waals surface area contributed by atoms with Crippen molar-refractivity contribution in [2.24, 2.45) is 5.73 Å². The molecule has 5 nitrogen and oxygen atoms in total. The molecule has 0 fully saturated rings. The van der Waals surface area contributed by atoms with Gasteiger partial charge in [0.1, 0.15) is 5.60 Å². The van der Waals surface area contributed by atoms with Crippen LogP contribution in [0.2, 0.25) is 0 Å². The SMILES string of the molecule is CCCC(C)N(CC(N)[C@@H](C)O)C(=O)OC(C)(C)C. The first-order valence-electron chi connectivity index (χ1n) is 7.01. The van der Waals surface area contributed by atoms with Crippen molar-refractivity contribution >= 4 is 6.09 Å². The van der Waals surface area contributed by atoms with Crippen molar-refractivity contribution in [3.63, 3.8) is 0 Å². The predicted octanol–water partition coefficient (Wildman–Crippen LogP) is 2.12. The largest absolute Gasteiger partial charge is 0.444 e.